The summed E-state index contributed by atoms with van der Waals surface area (Å²) in [5, 5.41) is 2.91. The predicted molar refractivity (Wildman–Crippen MR) is 131 cm³/mol. The van der Waals surface area contributed by atoms with E-state index in [1.165, 1.54) is 6.33 Å². The zero-order valence-electron chi connectivity index (χ0n) is 19.6. The Bertz CT molecular complexity index is 1310. The molecule has 0 aliphatic rings. The molecular formula is C27H25N3O5. The number of hydrogen-bond acceptors (Lipinski definition) is 7. The molecule has 8 nitrogen and oxygen atoms in total. The van der Waals surface area contributed by atoms with Gasteiger partial charge in [-0.15, -0.1) is 0 Å². The van der Waals surface area contributed by atoms with Crippen LogP contribution in [0.4, 0.5) is 0 Å². The number of carbonyl (C=O) groups is 1. The van der Waals surface area contributed by atoms with E-state index >= 15 is 0 Å². The largest absolute Gasteiger partial charge is 0.497 e. The van der Waals surface area contributed by atoms with Crippen LogP contribution < -0.4 is 24.3 Å². The zero-order chi connectivity index (χ0) is 24.6. The van der Waals surface area contributed by atoms with Crippen LogP contribution in [0.5, 0.6) is 28.9 Å². The SMILES string of the molecule is COc1ccc(-c2cc(Oc3cccc(C(=O)NCc4ccc(OC)cc4OC)c3)ncn2)cc1. The molecule has 1 amide bonds. The highest BCUT2D eigenvalue weighted by Crippen LogP contribution is 2.27. The fourth-order valence-electron chi connectivity index (χ4n) is 3.41. The van der Waals surface area contributed by atoms with Crippen molar-refractivity contribution in [3.8, 4) is 40.1 Å². The second-order valence-electron chi connectivity index (χ2n) is 7.46. The van der Waals surface area contributed by atoms with Crippen molar-refractivity contribution in [3.05, 3.63) is 90.3 Å². The van der Waals surface area contributed by atoms with Gasteiger partial charge in [0.2, 0.25) is 5.88 Å². The highest BCUT2D eigenvalue weighted by molar-refractivity contribution is 5.94. The monoisotopic (exact) mass is 471 g/mol. The van der Waals surface area contributed by atoms with Gasteiger partial charge in [0, 0.05) is 35.4 Å². The van der Waals surface area contributed by atoms with E-state index in [0.29, 0.717) is 40.9 Å². The number of nitrogens with zero attached hydrogens (tertiary/aromatic N) is 2. The topological polar surface area (TPSA) is 91.8 Å². The third kappa shape index (κ3) is 5.86. The van der Waals surface area contributed by atoms with Gasteiger partial charge < -0.3 is 24.3 Å². The lowest BCUT2D eigenvalue weighted by Crippen LogP contribution is -2.23. The van der Waals surface area contributed by atoms with Gasteiger partial charge in [-0.25, -0.2) is 9.97 Å². The van der Waals surface area contributed by atoms with Crippen LogP contribution in [0.15, 0.2) is 79.1 Å². The summed E-state index contributed by atoms with van der Waals surface area (Å²) in [5.41, 5.74) is 2.90. The minimum Gasteiger partial charge on any atom is -0.497 e. The minimum absolute atomic E-state index is 0.241. The van der Waals surface area contributed by atoms with E-state index in [2.05, 4.69) is 15.3 Å². The molecule has 1 heterocycles. The van der Waals surface area contributed by atoms with Gasteiger partial charge in [-0.05, 0) is 54.6 Å². The van der Waals surface area contributed by atoms with Gasteiger partial charge in [0.15, 0.2) is 0 Å². The molecule has 4 rings (SSSR count). The first-order chi connectivity index (χ1) is 17.1. The third-order valence-corrected chi connectivity index (χ3v) is 5.28. The molecule has 0 fully saturated rings. The van der Waals surface area contributed by atoms with Crippen molar-refractivity contribution in [2.45, 2.75) is 6.54 Å². The Morgan fingerprint density at radius 2 is 1.57 bits per heavy atom. The molecule has 178 valence electrons. The second kappa shape index (κ2) is 11.0. The van der Waals surface area contributed by atoms with E-state index in [4.69, 9.17) is 18.9 Å². The molecular weight excluding hydrogens is 446 g/mol. The Morgan fingerprint density at radius 1 is 0.800 bits per heavy atom. The van der Waals surface area contributed by atoms with E-state index in [1.54, 1.807) is 57.7 Å². The summed E-state index contributed by atoms with van der Waals surface area (Å²) in [5.74, 6) is 2.69. The van der Waals surface area contributed by atoms with Crippen molar-refractivity contribution in [2.24, 2.45) is 0 Å². The van der Waals surface area contributed by atoms with Gasteiger partial charge in [-0.1, -0.05) is 6.07 Å². The summed E-state index contributed by atoms with van der Waals surface area (Å²) in [6.07, 6.45) is 1.44. The molecule has 0 bridgehead atoms. The standard InChI is InChI=1S/C27H25N3O5/c1-32-21-10-7-18(8-11-21)24-15-26(30-17-29-24)35-23-6-4-5-19(13-23)27(31)28-16-20-9-12-22(33-2)14-25(20)34-3/h4-15,17H,16H2,1-3H3,(H,28,31). The maximum Gasteiger partial charge on any atom is 0.251 e. The highest BCUT2D eigenvalue weighted by Gasteiger charge is 2.11. The highest BCUT2D eigenvalue weighted by atomic mass is 16.5. The fourth-order valence-corrected chi connectivity index (χ4v) is 3.41. The molecule has 0 spiro atoms. The maximum absolute atomic E-state index is 12.8. The van der Waals surface area contributed by atoms with Crippen LogP contribution in [-0.4, -0.2) is 37.2 Å². The number of carbonyl (C=O) groups excluding carboxylic acids is 1. The summed E-state index contributed by atoms with van der Waals surface area (Å²) in [6, 6.07) is 21.6. The van der Waals surface area contributed by atoms with Crippen LogP contribution in [0, 0.1) is 0 Å². The van der Waals surface area contributed by atoms with Crippen molar-refractivity contribution in [2.75, 3.05) is 21.3 Å². The Hall–Kier alpha value is -4.59. The normalized spacial score (nSPS) is 10.4. The minimum atomic E-state index is -0.241. The lowest BCUT2D eigenvalue weighted by atomic mass is 10.1. The number of methoxy groups -OCH3 is 3. The van der Waals surface area contributed by atoms with Crippen LogP contribution >= 0.6 is 0 Å². The van der Waals surface area contributed by atoms with Crippen molar-refractivity contribution in [1.29, 1.82) is 0 Å². The molecule has 0 aliphatic heterocycles. The van der Waals surface area contributed by atoms with E-state index in [-0.39, 0.29) is 5.91 Å². The van der Waals surface area contributed by atoms with Crippen LogP contribution in [0.25, 0.3) is 11.3 Å². The van der Waals surface area contributed by atoms with Gasteiger partial charge in [-0.2, -0.15) is 0 Å². The van der Waals surface area contributed by atoms with Crippen LogP contribution in [0.2, 0.25) is 0 Å². The Morgan fingerprint density at radius 3 is 2.31 bits per heavy atom. The van der Waals surface area contributed by atoms with Crippen molar-refractivity contribution in [3.63, 3.8) is 0 Å². The summed E-state index contributed by atoms with van der Waals surface area (Å²) in [7, 11) is 4.79. The van der Waals surface area contributed by atoms with Crippen molar-refractivity contribution < 1.29 is 23.7 Å². The number of ether oxygens (including phenoxy) is 4. The van der Waals surface area contributed by atoms with Crippen molar-refractivity contribution in [1.82, 2.24) is 15.3 Å². The van der Waals surface area contributed by atoms with Crippen LogP contribution in [-0.2, 0) is 6.54 Å². The number of benzene rings is 3. The molecule has 0 unspecified atom stereocenters. The first-order valence-corrected chi connectivity index (χ1v) is 10.8. The van der Waals surface area contributed by atoms with E-state index in [9.17, 15) is 4.79 Å². The molecule has 4 aromatic rings. The lowest BCUT2D eigenvalue weighted by Gasteiger charge is -2.12. The summed E-state index contributed by atoms with van der Waals surface area (Å²) in [4.78, 5) is 21.3. The molecule has 35 heavy (non-hydrogen) atoms. The summed E-state index contributed by atoms with van der Waals surface area (Å²) < 4.78 is 21.7. The summed E-state index contributed by atoms with van der Waals surface area (Å²) >= 11 is 0. The van der Waals surface area contributed by atoms with Gasteiger partial charge in [0.1, 0.15) is 29.3 Å². The van der Waals surface area contributed by atoms with Crippen LogP contribution in [0.1, 0.15) is 15.9 Å². The Balaban J connectivity index is 1.44. The molecule has 0 saturated heterocycles. The van der Waals surface area contributed by atoms with Crippen LogP contribution in [0.3, 0.4) is 0 Å². The van der Waals surface area contributed by atoms with Crippen molar-refractivity contribution >= 4 is 5.91 Å². The lowest BCUT2D eigenvalue weighted by molar-refractivity contribution is 0.0950. The Kier molecular flexibility index (Phi) is 7.42. The average Bonchev–Trinajstić information content (AvgIpc) is 2.92. The molecule has 1 N–H and O–H groups in total. The van der Waals surface area contributed by atoms with E-state index < -0.39 is 0 Å². The van der Waals surface area contributed by atoms with Gasteiger partial charge in [0.25, 0.3) is 5.91 Å². The van der Waals surface area contributed by atoms with Gasteiger partial charge >= 0.3 is 0 Å². The van der Waals surface area contributed by atoms with Gasteiger partial charge in [0.05, 0.1) is 27.0 Å². The quantitative estimate of drug-likeness (QED) is 0.372. The Labute approximate surface area is 203 Å². The molecule has 8 heteroatoms. The fraction of sp³-hybridized carbons (Fsp3) is 0.148. The second-order valence-corrected chi connectivity index (χ2v) is 7.46. The van der Waals surface area contributed by atoms with E-state index in [0.717, 1.165) is 16.9 Å². The maximum atomic E-state index is 12.8. The average molecular weight is 472 g/mol. The molecule has 3 aromatic carbocycles. The predicted octanol–water partition coefficient (Wildman–Crippen LogP) is 4.89. The first-order valence-electron chi connectivity index (χ1n) is 10.8. The number of amides is 1. The number of nitrogens with one attached hydrogen (secondary N) is 1. The van der Waals surface area contributed by atoms with E-state index in [1.807, 2.05) is 36.4 Å². The molecule has 0 radical (unpaired) electrons. The smallest absolute Gasteiger partial charge is 0.251 e. The van der Waals surface area contributed by atoms with Gasteiger partial charge in [-0.3, -0.25) is 4.79 Å². The third-order valence-electron chi connectivity index (χ3n) is 5.28. The number of hydrogen-bond donors (Lipinski definition) is 1. The zero-order valence-corrected chi connectivity index (χ0v) is 19.6. The number of rotatable bonds is 9. The molecule has 1 aromatic heterocycles. The number of aromatic nitrogens is 2. The molecule has 0 atom stereocenters. The molecule has 0 saturated carbocycles. The summed E-state index contributed by atoms with van der Waals surface area (Å²) in [6.45, 7) is 0.300. The first kappa shape index (κ1) is 23.6. The molecule has 0 aliphatic carbocycles.